The normalized spacial score (nSPS) is 15.2. The Morgan fingerprint density at radius 2 is 1.94 bits per heavy atom. The van der Waals surface area contributed by atoms with Gasteiger partial charge in [-0.1, -0.05) is 12.1 Å². The maximum atomic E-state index is 11.1. The molecule has 3 N–H and O–H groups in total. The summed E-state index contributed by atoms with van der Waals surface area (Å²) in [6.07, 6.45) is 7.48. The number of hydrogen-bond donors (Lipinski definition) is 3. The maximum absolute atomic E-state index is 11.1. The minimum Gasteiger partial charge on any atom is -0.478 e. The number of likely N-dealkylation sites (tertiary alicyclic amines) is 1. The number of aliphatic hydroxyl groups excluding tert-OH is 1. The lowest BCUT2D eigenvalue weighted by Gasteiger charge is -2.31. The molecule has 0 saturated carbocycles. The summed E-state index contributed by atoms with van der Waals surface area (Å²) in [5.74, 6) is -0.496. The van der Waals surface area contributed by atoms with Gasteiger partial charge in [-0.3, -0.25) is 4.68 Å². The summed E-state index contributed by atoms with van der Waals surface area (Å²) in [5, 5.41) is 25.9. The summed E-state index contributed by atoms with van der Waals surface area (Å²) in [6, 6.07) is 6.99. The number of benzene rings is 1. The molecule has 9 nitrogen and oxygen atoms in total. The number of β-amino-alcohol motifs (C(OH)–C–C–N with tert-alkyl or cyclic N) is 1. The number of hydrogen-bond acceptors (Lipinski definition) is 7. The molecule has 31 heavy (non-hydrogen) atoms. The molecule has 3 heterocycles. The predicted molar refractivity (Wildman–Crippen MR) is 116 cm³/mol. The molecule has 0 aliphatic carbocycles. The fraction of sp³-hybridized carbons (Fsp3) is 0.364. The Labute approximate surface area is 180 Å². The van der Waals surface area contributed by atoms with Crippen LogP contribution in [-0.4, -0.2) is 67.1 Å². The van der Waals surface area contributed by atoms with Crippen LogP contribution in [0.1, 0.15) is 34.8 Å². The van der Waals surface area contributed by atoms with E-state index in [9.17, 15) is 4.79 Å². The van der Waals surface area contributed by atoms with Crippen LogP contribution in [-0.2, 0) is 0 Å². The maximum Gasteiger partial charge on any atom is 0.335 e. The van der Waals surface area contributed by atoms with Gasteiger partial charge in [0.05, 0.1) is 35.8 Å². The van der Waals surface area contributed by atoms with Crippen molar-refractivity contribution in [3.63, 3.8) is 0 Å². The lowest BCUT2D eigenvalue weighted by Crippen LogP contribution is -2.36. The van der Waals surface area contributed by atoms with Crippen LogP contribution in [0.5, 0.6) is 0 Å². The highest BCUT2D eigenvalue weighted by Crippen LogP contribution is 2.26. The van der Waals surface area contributed by atoms with Crippen molar-refractivity contribution in [3.05, 3.63) is 54.0 Å². The van der Waals surface area contributed by atoms with Gasteiger partial charge in [-0.05, 0) is 37.5 Å². The zero-order valence-electron chi connectivity index (χ0n) is 17.4. The molecular weight excluding hydrogens is 396 g/mol. The minimum absolute atomic E-state index is 0.197. The molecule has 162 valence electrons. The van der Waals surface area contributed by atoms with Gasteiger partial charge in [-0.15, -0.1) is 0 Å². The number of aromatic carboxylic acids is 1. The molecule has 1 fully saturated rings. The quantitative estimate of drug-likeness (QED) is 0.532. The lowest BCUT2D eigenvalue weighted by atomic mass is 10.1. The van der Waals surface area contributed by atoms with E-state index in [0.717, 1.165) is 55.0 Å². The van der Waals surface area contributed by atoms with Crippen LogP contribution in [0.25, 0.3) is 11.3 Å². The zero-order chi connectivity index (χ0) is 21.8. The van der Waals surface area contributed by atoms with Gasteiger partial charge in [0.2, 0.25) is 5.95 Å². The van der Waals surface area contributed by atoms with Crippen LogP contribution in [0.3, 0.4) is 0 Å². The molecule has 9 heteroatoms. The van der Waals surface area contributed by atoms with E-state index in [4.69, 9.17) is 10.2 Å². The summed E-state index contributed by atoms with van der Waals surface area (Å²) in [4.78, 5) is 22.3. The number of nitrogens with one attached hydrogen (secondary N) is 1. The third-order valence-electron chi connectivity index (χ3n) is 5.58. The molecule has 0 radical (unpaired) electrons. The fourth-order valence-electron chi connectivity index (χ4n) is 3.85. The molecule has 0 atom stereocenters. The standard InChI is InChI=1S/C22H26N6O3/c1-15-12-23-22(26-20(15)16-2-4-17(5-3-16)21(30)31)25-18-13-24-28(14-18)19-6-8-27(9-7-19)10-11-29/h2-5,12-14,19,29H,6-11H2,1H3,(H,30,31)(H,23,25,26). The predicted octanol–water partition coefficient (Wildman–Crippen LogP) is 2.72. The fourth-order valence-corrected chi connectivity index (χ4v) is 3.85. The number of carboxylic acid groups (broad SMARTS) is 1. The molecule has 0 unspecified atom stereocenters. The van der Waals surface area contributed by atoms with Crippen molar-refractivity contribution >= 4 is 17.6 Å². The Hall–Kier alpha value is -3.30. The summed E-state index contributed by atoms with van der Waals surface area (Å²) in [6.45, 7) is 4.76. The first kappa shape index (κ1) is 21.0. The smallest absolute Gasteiger partial charge is 0.335 e. The van der Waals surface area contributed by atoms with Gasteiger partial charge in [-0.25, -0.2) is 14.8 Å². The second-order valence-electron chi connectivity index (χ2n) is 7.74. The van der Waals surface area contributed by atoms with E-state index in [0.29, 0.717) is 12.0 Å². The van der Waals surface area contributed by atoms with Crippen molar-refractivity contribution in [1.82, 2.24) is 24.6 Å². The van der Waals surface area contributed by atoms with Crippen LogP contribution in [0.2, 0.25) is 0 Å². The van der Waals surface area contributed by atoms with Gasteiger partial charge in [0.1, 0.15) is 0 Å². The molecule has 1 aliphatic heterocycles. The molecule has 1 saturated heterocycles. The van der Waals surface area contributed by atoms with E-state index in [1.165, 1.54) is 0 Å². The van der Waals surface area contributed by atoms with Crippen LogP contribution in [0.4, 0.5) is 11.6 Å². The van der Waals surface area contributed by atoms with Crippen LogP contribution in [0.15, 0.2) is 42.9 Å². The summed E-state index contributed by atoms with van der Waals surface area (Å²) in [7, 11) is 0. The second-order valence-corrected chi connectivity index (χ2v) is 7.74. The monoisotopic (exact) mass is 422 g/mol. The summed E-state index contributed by atoms with van der Waals surface area (Å²) >= 11 is 0. The molecule has 3 aromatic rings. The molecule has 1 aliphatic rings. The van der Waals surface area contributed by atoms with E-state index < -0.39 is 5.97 Å². The minimum atomic E-state index is -0.954. The number of aromatic nitrogens is 4. The van der Waals surface area contributed by atoms with Crippen molar-refractivity contribution in [1.29, 1.82) is 0 Å². The molecule has 1 aromatic carbocycles. The SMILES string of the molecule is Cc1cnc(Nc2cnn(C3CCN(CCO)CC3)c2)nc1-c1ccc(C(=O)O)cc1. The average Bonchev–Trinajstić information content (AvgIpc) is 3.24. The van der Waals surface area contributed by atoms with Gasteiger partial charge >= 0.3 is 5.97 Å². The topological polar surface area (TPSA) is 116 Å². The van der Waals surface area contributed by atoms with Gasteiger partial charge < -0.3 is 20.4 Å². The van der Waals surface area contributed by atoms with E-state index in [1.54, 1.807) is 36.7 Å². The Morgan fingerprint density at radius 3 is 2.61 bits per heavy atom. The molecule has 0 bridgehead atoms. The van der Waals surface area contributed by atoms with Gasteiger partial charge in [0.15, 0.2) is 0 Å². The third-order valence-corrected chi connectivity index (χ3v) is 5.58. The first-order valence-electron chi connectivity index (χ1n) is 10.4. The summed E-state index contributed by atoms with van der Waals surface area (Å²) in [5.41, 5.74) is 3.53. The lowest BCUT2D eigenvalue weighted by molar-refractivity contribution is 0.0697. The molecule has 0 amide bonds. The Balaban J connectivity index is 1.46. The number of aryl methyl sites for hydroxylation is 1. The van der Waals surface area contributed by atoms with E-state index in [2.05, 4.69) is 25.3 Å². The first-order chi connectivity index (χ1) is 15.0. The summed E-state index contributed by atoms with van der Waals surface area (Å²) < 4.78 is 1.98. The Kier molecular flexibility index (Phi) is 6.24. The van der Waals surface area contributed by atoms with Crippen molar-refractivity contribution < 1.29 is 15.0 Å². The van der Waals surface area contributed by atoms with E-state index in [1.807, 2.05) is 17.8 Å². The zero-order valence-corrected chi connectivity index (χ0v) is 17.4. The highest BCUT2D eigenvalue weighted by molar-refractivity contribution is 5.88. The Morgan fingerprint density at radius 1 is 1.19 bits per heavy atom. The van der Waals surface area contributed by atoms with Crippen molar-refractivity contribution in [2.45, 2.75) is 25.8 Å². The van der Waals surface area contributed by atoms with Gasteiger partial charge in [0.25, 0.3) is 0 Å². The van der Waals surface area contributed by atoms with Crippen LogP contribution in [0, 0.1) is 6.92 Å². The highest BCUT2D eigenvalue weighted by Gasteiger charge is 2.21. The first-order valence-corrected chi connectivity index (χ1v) is 10.4. The molecular formula is C22H26N6O3. The van der Waals surface area contributed by atoms with E-state index in [-0.39, 0.29) is 12.2 Å². The number of nitrogens with zero attached hydrogens (tertiary/aromatic N) is 5. The number of piperidine rings is 1. The largest absolute Gasteiger partial charge is 0.478 e. The second kappa shape index (κ2) is 9.23. The number of carboxylic acids is 1. The molecule has 2 aromatic heterocycles. The molecule has 0 spiro atoms. The van der Waals surface area contributed by atoms with Crippen molar-refractivity contribution in [2.75, 3.05) is 31.6 Å². The van der Waals surface area contributed by atoms with Gasteiger partial charge in [0, 0.05) is 37.6 Å². The third kappa shape index (κ3) is 4.89. The highest BCUT2D eigenvalue weighted by atomic mass is 16.4. The number of aliphatic hydroxyl groups is 1. The van der Waals surface area contributed by atoms with Crippen LogP contribution < -0.4 is 5.32 Å². The Bertz CT molecular complexity index is 1040. The van der Waals surface area contributed by atoms with E-state index >= 15 is 0 Å². The van der Waals surface area contributed by atoms with Crippen molar-refractivity contribution in [3.8, 4) is 11.3 Å². The average molecular weight is 422 g/mol. The van der Waals surface area contributed by atoms with Gasteiger partial charge in [-0.2, -0.15) is 5.10 Å². The van der Waals surface area contributed by atoms with Crippen LogP contribution >= 0.6 is 0 Å². The number of anilines is 2. The number of carbonyl (C=O) groups is 1. The van der Waals surface area contributed by atoms with Crippen molar-refractivity contribution in [2.24, 2.45) is 0 Å². The number of rotatable bonds is 7. The molecule has 4 rings (SSSR count).